The number of nitrogen functional groups attached to an aromatic ring is 1. The maximum Gasteiger partial charge on any atom is 0.259 e. The van der Waals surface area contributed by atoms with Crippen molar-refractivity contribution in [1.29, 1.82) is 0 Å². The number of hydrogen-bond acceptors (Lipinski definition) is 10. The van der Waals surface area contributed by atoms with Crippen molar-refractivity contribution in [3.63, 3.8) is 0 Å². The van der Waals surface area contributed by atoms with Gasteiger partial charge in [0.25, 0.3) is 5.78 Å². The lowest BCUT2D eigenvalue weighted by Crippen LogP contribution is -2.57. The number of nitrogens with two attached hydrogens (primary N) is 1. The zero-order valence-corrected chi connectivity index (χ0v) is 18.1. The summed E-state index contributed by atoms with van der Waals surface area (Å²) in [5.74, 6) is 3.49. The monoisotopic (exact) mass is 447 g/mol. The normalized spacial score (nSPS) is 21.3. The number of furan rings is 1. The quantitative estimate of drug-likeness (QED) is 0.484. The Morgan fingerprint density at radius 1 is 1.06 bits per heavy atom. The first-order chi connectivity index (χ1) is 16.2. The number of rotatable bonds is 5. The van der Waals surface area contributed by atoms with E-state index >= 15 is 0 Å². The number of fused-ring (bicyclic) bond motifs is 2. The zero-order valence-electron chi connectivity index (χ0n) is 18.1. The second kappa shape index (κ2) is 8.32. The van der Waals surface area contributed by atoms with Crippen molar-refractivity contribution in [3.05, 3.63) is 42.8 Å². The van der Waals surface area contributed by atoms with E-state index in [1.807, 2.05) is 18.2 Å². The van der Waals surface area contributed by atoms with Crippen LogP contribution in [0.1, 0.15) is 12.8 Å². The van der Waals surface area contributed by atoms with E-state index in [0.717, 1.165) is 39.0 Å². The average molecular weight is 448 g/mol. The molecule has 0 spiro atoms. The van der Waals surface area contributed by atoms with Crippen LogP contribution >= 0.6 is 0 Å². The van der Waals surface area contributed by atoms with Crippen LogP contribution in [-0.4, -0.2) is 73.3 Å². The molecule has 0 bridgehead atoms. The predicted octanol–water partition coefficient (Wildman–Crippen LogP) is 1.74. The number of ether oxygens (including phenoxy) is 1. The summed E-state index contributed by atoms with van der Waals surface area (Å²) >= 11 is 0. The van der Waals surface area contributed by atoms with Gasteiger partial charge in [0, 0.05) is 50.4 Å². The van der Waals surface area contributed by atoms with Crippen LogP contribution in [0.15, 0.2) is 47.2 Å². The van der Waals surface area contributed by atoms with E-state index in [2.05, 4.69) is 34.8 Å². The molecule has 4 aromatic rings. The van der Waals surface area contributed by atoms with E-state index in [-0.39, 0.29) is 5.95 Å². The second-order valence-electron chi connectivity index (χ2n) is 8.52. The molecule has 0 unspecified atom stereocenters. The number of hydrogen-bond donors (Lipinski definition) is 1. The fourth-order valence-corrected chi connectivity index (χ4v) is 4.66. The Hall–Kier alpha value is -3.73. The third kappa shape index (κ3) is 3.95. The first-order valence-corrected chi connectivity index (χ1v) is 11.2. The molecule has 2 aliphatic heterocycles. The first-order valence-electron chi connectivity index (χ1n) is 11.2. The highest BCUT2D eigenvalue weighted by Gasteiger charge is 2.34. The van der Waals surface area contributed by atoms with Gasteiger partial charge in [0.1, 0.15) is 0 Å². The van der Waals surface area contributed by atoms with Crippen molar-refractivity contribution in [2.24, 2.45) is 5.92 Å². The van der Waals surface area contributed by atoms with Crippen molar-refractivity contribution in [2.45, 2.75) is 18.9 Å². The number of nitrogens with zero attached hydrogens (tertiary/aromatic N) is 8. The molecule has 2 atom stereocenters. The standard InChI is InChI=1S/C22H25N9O2/c23-20-26-21(27-22-25-19(28-31(20)22)17-4-3-11-32-17)30-10-9-29-12-15(6-7-16(29)13-30)14-33-18-5-1-2-8-24-18/h1-5,8,11,15-16H,6-7,9-10,12-14H2,(H2,23,25,26,27,28)/t15-,16+/m1/s1. The van der Waals surface area contributed by atoms with Gasteiger partial charge in [-0.25, -0.2) is 4.98 Å². The van der Waals surface area contributed by atoms with Gasteiger partial charge < -0.3 is 19.8 Å². The van der Waals surface area contributed by atoms with Crippen LogP contribution in [0.3, 0.4) is 0 Å². The summed E-state index contributed by atoms with van der Waals surface area (Å²) in [6.45, 7) is 4.38. The summed E-state index contributed by atoms with van der Waals surface area (Å²) in [5, 5.41) is 4.37. The van der Waals surface area contributed by atoms with E-state index in [1.165, 1.54) is 4.52 Å². The second-order valence-corrected chi connectivity index (χ2v) is 8.52. The average Bonchev–Trinajstić information content (AvgIpc) is 3.53. The van der Waals surface area contributed by atoms with Gasteiger partial charge in [-0.3, -0.25) is 4.90 Å². The molecule has 2 saturated heterocycles. The van der Waals surface area contributed by atoms with Gasteiger partial charge in [0.2, 0.25) is 23.6 Å². The SMILES string of the molecule is Nc1nc(N2CCN3C[C@H](COc4ccccn4)CC[C@H]3C2)nc2nc(-c3ccco3)nn12. The van der Waals surface area contributed by atoms with Gasteiger partial charge in [0.05, 0.1) is 12.9 Å². The van der Waals surface area contributed by atoms with Crippen LogP contribution in [-0.2, 0) is 0 Å². The van der Waals surface area contributed by atoms with Crippen molar-refractivity contribution in [1.82, 2.24) is 34.4 Å². The Morgan fingerprint density at radius 3 is 2.88 bits per heavy atom. The van der Waals surface area contributed by atoms with E-state index < -0.39 is 0 Å². The number of pyridine rings is 1. The number of piperazine rings is 1. The Bertz CT molecular complexity index is 1230. The summed E-state index contributed by atoms with van der Waals surface area (Å²) < 4.78 is 12.7. The third-order valence-electron chi connectivity index (χ3n) is 6.36. The summed E-state index contributed by atoms with van der Waals surface area (Å²) in [6.07, 6.45) is 5.58. The Labute approximate surface area is 190 Å². The van der Waals surface area contributed by atoms with E-state index in [1.54, 1.807) is 24.6 Å². The number of aromatic nitrogens is 6. The highest BCUT2D eigenvalue weighted by Crippen LogP contribution is 2.27. The molecule has 0 saturated carbocycles. The lowest BCUT2D eigenvalue weighted by molar-refractivity contribution is 0.0716. The fraction of sp³-hybridized carbons (Fsp3) is 0.409. The van der Waals surface area contributed by atoms with Gasteiger partial charge in [0.15, 0.2) is 5.76 Å². The lowest BCUT2D eigenvalue weighted by atomic mass is 9.91. The molecule has 6 heterocycles. The smallest absolute Gasteiger partial charge is 0.259 e. The molecule has 170 valence electrons. The minimum Gasteiger partial charge on any atom is -0.477 e. The van der Waals surface area contributed by atoms with Gasteiger partial charge in [-0.15, -0.1) is 5.10 Å². The molecule has 0 aromatic carbocycles. The van der Waals surface area contributed by atoms with Crippen LogP contribution in [0, 0.1) is 5.92 Å². The summed E-state index contributed by atoms with van der Waals surface area (Å²) in [7, 11) is 0. The summed E-state index contributed by atoms with van der Waals surface area (Å²) in [6, 6.07) is 9.80. The molecule has 11 heteroatoms. The van der Waals surface area contributed by atoms with Crippen molar-refractivity contribution in [3.8, 4) is 17.5 Å². The fourth-order valence-electron chi connectivity index (χ4n) is 4.66. The molecule has 6 rings (SSSR count). The Morgan fingerprint density at radius 2 is 2.03 bits per heavy atom. The van der Waals surface area contributed by atoms with E-state index in [0.29, 0.717) is 47.8 Å². The number of piperidine rings is 1. The maximum absolute atomic E-state index is 6.18. The maximum atomic E-state index is 6.18. The van der Waals surface area contributed by atoms with Crippen LogP contribution in [0.2, 0.25) is 0 Å². The van der Waals surface area contributed by atoms with Crippen molar-refractivity contribution < 1.29 is 9.15 Å². The van der Waals surface area contributed by atoms with Crippen molar-refractivity contribution >= 4 is 17.7 Å². The molecule has 2 N–H and O–H groups in total. The Balaban J connectivity index is 1.12. The first kappa shape index (κ1) is 19.9. The lowest BCUT2D eigenvalue weighted by Gasteiger charge is -2.46. The van der Waals surface area contributed by atoms with Crippen molar-refractivity contribution in [2.75, 3.05) is 43.4 Å². The molecule has 4 aromatic heterocycles. The largest absolute Gasteiger partial charge is 0.477 e. The predicted molar refractivity (Wildman–Crippen MR) is 121 cm³/mol. The van der Waals surface area contributed by atoms with Gasteiger partial charge >= 0.3 is 0 Å². The Kier molecular flexibility index (Phi) is 5.02. The van der Waals surface area contributed by atoms with Crippen LogP contribution < -0.4 is 15.4 Å². The van der Waals surface area contributed by atoms with Gasteiger partial charge in [-0.1, -0.05) is 6.07 Å². The highest BCUT2D eigenvalue weighted by atomic mass is 16.5. The minimum absolute atomic E-state index is 0.262. The van der Waals surface area contributed by atoms with E-state index in [4.69, 9.17) is 14.9 Å². The topological polar surface area (TPSA) is 124 Å². The molecule has 33 heavy (non-hydrogen) atoms. The molecular weight excluding hydrogens is 422 g/mol. The minimum atomic E-state index is 0.262. The summed E-state index contributed by atoms with van der Waals surface area (Å²) in [5.41, 5.74) is 6.18. The molecule has 0 aliphatic carbocycles. The van der Waals surface area contributed by atoms with Gasteiger partial charge in [-0.2, -0.15) is 19.5 Å². The summed E-state index contributed by atoms with van der Waals surface area (Å²) in [4.78, 5) is 22.6. The van der Waals surface area contributed by atoms with E-state index in [9.17, 15) is 0 Å². The molecule has 0 amide bonds. The van der Waals surface area contributed by atoms with Crippen LogP contribution in [0.4, 0.5) is 11.9 Å². The molecule has 11 nitrogen and oxygen atoms in total. The van der Waals surface area contributed by atoms with Gasteiger partial charge in [-0.05, 0) is 31.0 Å². The third-order valence-corrected chi connectivity index (χ3v) is 6.36. The molecule has 2 aliphatic rings. The zero-order chi connectivity index (χ0) is 22.2. The van der Waals surface area contributed by atoms with Crippen LogP contribution in [0.25, 0.3) is 17.4 Å². The highest BCUT2D eigenvalue weighted by molar-refractivity contribution is 5.53. The molecular formula is C22H25N9O2. The van der Waals surface area contributed by atoms with Crippen LogP contribution in [0.5, 0.6) is 5.88 Å². The molecule has 2 fully saturated rings. The number of anilines is 2. The molecule has 0 radical (unpaired) electrons.